The number of nitrogens with zero attached hydrogens (tertiary/aromatic N) is 4. The summed E-state index contributed by atoms with van der Waals surface area (Å²) in [5.74, 6) is 0. The third kappa shape index (κ3) is 3.17. The molecule has 0 N–H and O–H groups in total. The van der Waals surface area contributed by atoms with Crippen LogP contribution in [-0.2, 0) is 4.74 Å². The first-order valence-corrected chi connectivity index (χ1v) is 9.09. The molecule has 5 nitrogen and oxygen atoms in total. The summed E-state index contributed by atoms with van der Waals surface area (Å²) in [4.78, 5) is 18.6. The smallest absolute Gasteiger partial charge is 0.0814 e. The van der Waals surface area contributed by atoms with E-state index in [0.717, 1.165) is 39.8 Å². The SMILES string of the molecule is [2H]C1=C(C(C)OC)C2=CC3=NC(=CC4=NC(=CC5=NC(=CC1=N2)C=C5)C=C4)C=C3. The van der Waals surface area contributed by atoms with Crippen molar-refractivity contribution in [2.45, 2.75) is 13.0 Å². The van der Waals surface area contributed by atoms with Crippen LogP contribution in [-0.4, -0.2) is 36.1 Å². The topological polar surface area (TPSA) is 58.7 Å². The number of fused-ring (bicyclic) bond motifs is 4. The Balaban J connectivity index is 1.68. The number of allylic oxidation sites excluding steroid dienone is 11. The van der Waals surface area contributed by atoms with Crippen LogP contribution in [0.5, 0.6) is 0 Å². The number of hydrogen-bond donors (Lipinski definition) is 0. The largest absolute Gasteiger partial charge is 0.377 e. The second-order valence-corrected chi connectivity index (χ2v) is 6.76. The fraction of sp³-hybridized carbons (Fsp3) is 0.130. The molecule has 0 saturated carbocycles. The molecule has 28 heavy (non-hydrogen) atoms. The van der Waals surface area contributed by atoms with Crippen LogP contribution in [0.25, 0.3) is 0 Å². The average molecular weight is 367 g/mol. The highest BCUT2D eigenvalue weighted by Gasteiger charge is 2.20. The third-order valence-electron chi connectivity index (χ3n) is 4.75. The Hall–Kier alpha value is -3.44. The Labute approximate surface area is 164 Å². The molecule has 0 aromatic heterocycles. The molecule has 8 bridgehead atoms. The molecule has 0 spiro atoms. The Morgan fingerprint density at radius 2 is 1.21 bits per heavy atom. The first-order chi connectivity index (χ1) is 14.1. The zero-order chi connectivity index (χ0) is 20.0. The van der Waals surface area contributed by atoms with E-state index in [1.807, 2.05) is 67.7 Å². The van der Waals surface area contributed by atoms with Crippen LogP contribution in [0, 0.1) is 0 Å². The van der Waals surface area contributed by atoms with Crippen LogP contribution >= 0.6 is 0 Å². The molecule has 1 atom stereocenters. The lowest BCUT2D eigenvalue weighted by Crippen LogP contribution is -2.09. The van der Waals surface area contributed by atoms with Crippen molar-refractivity contribution >= 4 is 22.8 Å². The van der Waals surface area contributed by atoms with Crippen molar-refractivity contribution in [2.75, 3.05) is 7.11 Å². The van der Waals surface area contributed by atoms with Gasteiger partial charge in [-0.3, -0.25) is 0 Å². The van der Waals surface area contributed by atoms with E-state index in [1.54, 1.807) is 7.11 Å². The molecule has 5 heteroatoms. The molecular formula is C23H18N4O. The summed E-state index contributed by atoms with van der Waals surface area (Å²) < 4.78 is 14.1. The van der Waals surface area contributed by atoms with Gasteiger partial charge in [-0.1, -0.05) is 0 Å². The summed E-state index contributed by atoms with van der Waals surface area (Å²) in [6, 6.07) is 0.351. The Morgan fingerprint density at radius 3 is 1.75 bits per heavy atom. The van der Waals surface area contributed by atoms with Crippen molar-refractivity contribution in [3.05, 3.63) is 95.2 Å². The highest BCUT2D eigenvalue weighted by atomic mass is 16.5. The van der Waals surface area contributed by atoms with Crippen LogP contribution < -0.4 is 0 Å². The quantitative estimate of drug-likeness (QED) is 0.728. The molecule has 5 aliphatic rings. The van der Waals surface area contributed by atoms with Gasteiger partial charge in [0.25, 0.3) is 0 Å². The van der Waals surface area contributed by atoms with E-state index in [-0.39, 0.29) is 6.10 Å². The highest BCUT2D eigenvalue weighted by Crippen LogP contribution is 2.27. The maximum Gasteiger partial charge on any atom is 0.0814 e. The van der Waals surface area contributed by atoms with Gasteiger partial charge in [0, 0.05) is 12.7 Å². The second-order valence-electron chi connectivity index (χ2n) is 6.76. The second kappa shape index (κ2) is 6.62. The molecule has 136 valence electrons. The van der Waals surface area contributed by atoms with Gasteiger partial charge in [-0.2, -0.15) is 0 Å². The van der Waals surface area contributed by atoms with Crippen LogP contribution in [0.1, 0.15) is 8.29 Å². The molecule has 0 aromatic rings. The van der Waals surface area contributed by atoms with Gasteiger partial charge < -0.3 is 4.74 Å². The molecule has 0 amide bonds. The van der Waals surface area contributed by atoms with Gasteiger partial charge in [-0.15, -0.1) is 0 Å². The molecule has 5 aliphatic heterocycles. The number of aliphatic imine (C=N–C) groups is 4. The monoisotopic (exact) mass is 367 g/mol. The lowest BCUT2D eigenvalue weighted by Gasteiger charge is -2.11. The molecule has 0 fully saturated rings. The number of rotatable bonds is 2. The Kier molecular flexibility index (Phi) is 3.69. The van der Waals surface area contributed by atoms with Crippen molar-refractivity contribution in [3.8, 4) is 0 Å². The predicted molar refractivity (Wildman–Crippen MR) is 114 cm³/mol. The summed E-state index contributed by atoms with van der Waals surface area (Å²) in [5.41, 5.74) is 6.88. The summed E-state index contributed by atoms with van der Waals surface area (Å²) in [5, 5.41) is 0. The van der Waals surface area contributed by atoms with Crippen molar-refractivity contribution in [2.24, 2.45) is 20.0 Å². The minimum Gasteiger partial charge on any atom is -0.377 e. The normalized spacial score (nSPS) is 23.6. The van der Waals surface area contributed by atoms with Crippen LogP contribution in [0.15, 0.2) is 115 Å². The fourth-order valence-electron chi connectivity index (χ4n) is 3.27. The van der Waals surface area contributed by atoms with Crippen LogP contribution in [0.4, 0.5) is 0 Å². The molecular weight excluding hydrogens is 348 g/mol. The molecule has 1 unspecified atom stereocenters. The zero-order valence-corrected chi connectivity index (χ0v) is 15.5. The predicted octanol–water partition coefficient (Wildman–Crippen LogP) is 3.98. The average Bonchev–Trinajstić information content (AvgIpc) is 3.47. The van der Waals surface area contributed by atoms with E-state index < -0.39 is 0 Å². The van der Waals surface area contributed by atoms with Crippen molar-refractivity contribution < 1.29 is 6.11 Å². The Bertz CT molecular complexity index is 1190. The number of hydrogen-bond acceptors (Lipinski definition) is 5. The molecule has 5 heterocycles. The lowest BCUT2D eigenvalue weighted by atomic mass is 10.1. The van der Waals surface area contributed by atoms with Gasteiger partial charge in [0.2, 0.25) is 0 Å². The molecule has 0 saturated heterocycles. The molecule has 5 rings (SSSR count). The van der Waals surface area contributed by atoms with Crippen molar-refractivity contribution in [3.63, 3.8) is 0 Å². The molecule has 0 aromatic carbocycles. The summed E-state index contributed by atoms with van der Waals surface area (Å²) in [7, 11) is 1.63. The highest BCUT2D eigenvalue weighted by molar-refractivity contribution is 6.15. The van der Waals surface area contributed by atoms with Crippen molar-refractivity contribution in [1.29, 1.82) is 0 Å². The lowest BCUT2D eigenvalue weighted by molar-refractivity contribution is 0.149. The van der Waals surface area contributed by atoms with E-state index in [1.165, 1.54) is 0 Å². The maximum absolute atomic E-state index is 8.64. The minimum atomic E-state index is -0.255. The first-order valence-electron chi connectivity index (χ1n) is 9.59. The van der Waals surface area contributed by atoms with Gasteiger partial charge in [0.1, 0.15) is 0 Å². The first kappa shape index (κ1) is 15.6. The Morgan fingerprint density at radius 1 is 0.714 bits per heavy atom. The minimum absolute atomic E-state index is 0.255. The molecule has 0 radical (unpaired) electrons. The van der Waals surface area contributed by atoms with Crippen LogP contribution in [0.3, 0.4) is 0 Å². The molecule has 0 aliphatic carbocycles. The van der Waals surface area contributed by atoms with Gasteiger partial charge in [0.15, 0.2) is 0 Å². The maximum atomic E-state index is 8.64. The third-order valence-corrected chi connectivity index (χ3v) is 4.75. The zero-order valence-electron chi connectivity index (χ0n) is 16.5. The van der Waals surface area contributed by atoms with Crippen molar-refractivity contribution in [1.82, 2.24) is 0 Å². The van der Waals surface area contributed by atoms with Crippen LogP contribution in [0.2, 0.25) is 0 Å². The van der Waals surface area contributed by atoms with E-state index >= 15 is 0 Å². The number of methoxy groups -OCH3 is 1. The van der Waals surface area contributed by atoms with Gasteiger partial charge >= 0.3 is 0 Å². The van der Waals surface area contributed by atoms with Gasteiger partial charge in [0.05, 0.1) is 53.1 Å². The van der Waals surface area contributed by atoms with E-state index in [2.05, 4.69) is 15.0 Å². The summed E-state index contributed by atoms with van der Waals surface area (Å²) in [6.45, 7) is 1.92. The van der Waals surface area contributed by atoms with E-state index in [4.69, 9.17) is 11.1 Å². The van der Waals surface area contributed by atoms with E-state index in [0.29, 0.717) is 17.5 Å². The van der Waals surface area contributed by atoms with Gasteiger partial charge in [-0.25, -0.2) is 20.0 Å². The van der Waals surface area contributed by atoms with Gasteiger partial charge in [-0.05, 0) is 73.7 Å². The fourth-order valence-corrected chi connectivity index (χ4v) is 3.27. The summed E-state index contributed by atoms with van der Waals surface area (Å²) >= 11 is 0. The summed E-state index contributed by atoms with van der Waals surface area (Å²) in [6.07, 6.45) is 19.0. The van der Waals surface area contributed by atoms with E-state index in [9.17, 15) is 0 Å². The standard InChI is InChI=1S/C23H18N4O/c1-14(28-2)22-12-21-11-19-6-5-17(25-19)9-15-3-4-16(24-15)10-18-7-8-20(26-18)13-23(22)27-21/h3-14H,1-2H3/i12D. The number of ether oxygens (including phenoxy) is 1.